The van der Waals surface area contributed by atoms with Crippen LogP contribution in [0.1, 0.15) is 22.0 Å². The zero-order valence-corrected chi connectivity index (χ0v) is 10.8. The van der Waals surface area contributed by atoms with Crippen LogP contribution in [-0.4, -0.2) is 5.11 Å². The fraction of sp³-hybridized carbons (Fsp3) is 0.167. The van der Waals surface area contributed by atoms with Crippen molar-refractivity contribution >= 4 is 23.7 Å². The third-order valence-electron chi connectivity index (χ3n) is 2.48. The zero-order chi connectivity index (χ0) is 11.7. The molecule has 1 atom stereocenters. The molecule has 5 heteroatoms. The summed E-state index contributed by atoms with van der Waals surface area (Å²) in [4.78, 5) is 0.903. The standard InChI is InChI=1S/C12H12FNOS.ClH/c1-7-5-8(13)6-9(12(7)15)11(14)10-3-2-4-16-10;/h2-6,11,15H,14H2,1H3;1H/t11-;/m1./s1. The Bertz CT molecular complexity index is 501. The molecule has 1 heterocycles. The van der Waals surface area contributed by atoms with Crippen LogP contribution in [-0.2, 0) is 0 Å². The Balaban J connectivity index is 0.00000144. The molecule has 0 radical (unpaired) electrons. The lowest BCUT2D eigenvalue weighted by Crippen LogP contribution is -2.11. The number of rotatable bonds is 2. The highest BCUT2D eigenvalue weighted by molar-refractivity contribution is 7.10. The Morgan fingerprint density at radius 2 is 2.12 bits per heavy atom. The van der Waals surface area contributed by atoms with Crippen LogP contribution in [0, 0.1) is 12.7 Å². The van der Waals surface area contributed by atoms with Crippen molar-refractivity contribution in [3.63, 3.8) is 0 Å². The fourth-order valence-corrected chi connectivity index (χ4v) is 2.36. The number of aromatic hydroxyl groups is 1. The second-order valence-corrected chi connectivity index (χ2v) is 4.63. The first-order valence-electron chi connectivity index (χ1n) is 4.87. The van der Waals surface area contributed by atoms with E-state index in [0.29, 0.717) is 11.1 Å². The third-order valence-corrected chi connectivity index (χ3v) is 3.43. The van der Waals surface area contributed by atoms with Gasteiger partial charge in [-0.3, -0.25) is 0 Å². The summed E-state index contributed by atoms with van der Waals surface area (Å²) in [6.07, 6.45) is 0. The van der Waals surface area contributed by atoms with Crippen LogP contribution in [0.25, 0.3) is 0 Å². The van der Waals surface area contributed by atoms with Gasteiger partial charge in [0.1, 0.15) is 11.6 Å². The van der Waals surface area contributed by atoms with Gasteiger partial charge in [0.15, 0.2) is 0 Å². The monoisotopic (exact) mass is 273 g/mol. The molecule has 0 bridgehead atoms. The molecule has 1 aromatic carbocycles. The maximum absolute atomic E-state index is 13.2. The first-order chi connectivity index (χ1) is 7.59. The van der Waals surface area contributed by atoms with E-state index in [0.717, 1.165) is 4.88 Å². The first-order valence-corrected chi connectivity index (χ1v) is 5.75. The van der Waals surface area contributed by atoms with E-state index in [-0.39, 0.29) is 24.0 Å². The molecule has 0 unspecified atom stereocenters. The summed E-state index contributed by atoms with van der Waals surface area (Å²) in [6, 6.07) is 5.85. The summed E-state index contributed by atoms with van der Waals surface area (Å²) in [5, 5.41) is 11.8. The summed E-state index contributed by atoms with van der Waals surface area (Å²) in [5.41, 5.74) is 6.92. The minimum absolute atomic E-state index is 0. The highest BCUT2D eigenvalue weighted by atomic mass is 35.5. The Morgan fingerprint density at radius 3 is 2.71 bits per heavy atom. The smallest absolute Gasteiger partial charge is 0.124 e. The molecule has 0 saturated heterocycles. The molecule has 0 amide bonds. The average molecular weight is 274 g/mol. The maximum Gasteiger partial charge on any atom is 0.124 e. The Labute approximate surface area is 109 Å². The zero-order valence-electron chi connectivity index (χ0n) is 9.18. The van der Waals surface area contributed by atoms with Crippen LogP contribution in [0.2, 0.25) is 0 Å². The quantitative estimate of drug-likeness (QED) is 0.881. The molecule has 0 aliphatic rings. The normalized spacial score (nSPS) is 11.9. The second-order valence-electron chi connectivity index (χ2n) is 3.65. The van der Waals surface area contributed by atoms with Gasteiger partial charge in [0.25, 0.3) is 0 Å². The molecule has 0 saturated carbocycles. The molecule has 0 aliphatic heterocycles. The summed E-state index contributed by atoms with van der Waals surface area (Å²) in [7, 11) is 0. The van der Waals surface area contributed by atoms with Gasteiger partial charge >= 0.3 is 0 Å². The van der Waals surface area contributed by atoms with E-state index in [1.165, 1.54) is 23.5 Å². The van der Waals surface area contributed by atoms with Crippen LogP contribution < -0.4 is 5.73 Å². The number of thiophene rings is 1. The molecule has 0 spiro atoms. The van der Waals surface area contributed by atoms with Gasteiger partial charge in [-0.05, 0) is 36.1 Å². The summed E-state index contributed by atoms with van der Waals surface area (Å²) >= 11 is 1.49. The molecule has 17 heavy (non-hydrogen) atoms. The van der Waals surface area contributed by atoms with E-state index in [9.17, 15) is 9.50 Å². The number of aryl methyl sites for hydroxylation is 1. The van der Waals surface area contributed by atoms with Gasteiger partial charge in [-0.2, -0.15) is 0 Å². The van der Waals surface area contributed by atoms with Crippen molar-refractivity contribution in [1.29, 1.82) is 0 Å². The van der Waals surface area contributed by atoms with Gasteiger partial charge in [-0.25, -0.2) is 4.39 Å². The lowest BCUT2D eigenvalue weighted by molar-refractivity contribution is 0.458. The van der Waals surface area contributed by atoms with Gasteiger partial charge in [-0.15, -0.1) is 23.7 Å². The molecule has 2 nitrogen and oxygen atoms in total. The van der Waals surface area contributed by atoms with Crippen LogP contribution in [0.4, 0.5) is 4.39 Å². The number of phenolic OH excluding ortho intramolecular Hbond substituents is 1. The largest absolute Gasteiger partial charge is 0.507 e. The lowest BCUT2D eigenvalue weighted by atomic mass is 10.0. The van der Waals surface area contributed by atoms with Crippen LogP contribution in [0.3, 0.4) is 0 Å². The Hall–Kier alpha value is -1.10. The number of nitrogens with two attached hydrogens (primary N) is 1. The van der Waals surface area contributed by atoms with Crippen molar-refractivity contribution in [2.24, 2.45) is 5.73 Å². The predicted octanol–water partition coefficient (Wildman–Crippen LogP) is 3.37. The fourth-order valence-electron chi connectivity index (χ4n) is 1.62. The van der Waals surface area contributed by atoms with Crippen LogP contribution in [0.15, 0.2) is 29.6 Å². The maximum atomic E-state index is 13.2. The lowest BCUT2D eigenvalue weighted by Gasteiger charge is -2.13. The minimum Gasteiger partial charge on any atom is -0.507 e. The van der Waals surface area contributed by atoms with E-state index >= 15 is 0 Å². The summed E-state index contributed by atoms with van der Waals surface area (Å²) in [6.45, 7) is 1.66. The molecule has 0 fully saturated rings. The molecule has 92 valence electrons. The van der Waals surface area contributed by atoms with Crippen molar-refractivity contribution in [3.8, 4) is 5.75 Å². The van der Waals surface area contributed by atoms with E-state index in [2.05, 4.69) is 0 Å². The second kappa shape index (κ2) is 5.49. The van der Waals surface area contributed by atoms with Gasteiger partial charge in [0.2, 0.25) is 0 Å². The highest BCUT2D eigenvalue weighted by Crippen LogP contribution is 2.32. The van der Waals surface area contributed by atoms with Crippen LogP contribution >= 0.6 is 23.7 Å². The van der Waals surface area contributed by atoms with E-state index in [1.54, 1.807) is 6.92 Å². The number of benzene rings is 1. The topological polar surface area (TPSA) is 46.2 Å². The van der Waals surface area contributed by atoms with E-state index < -0.39 is 6.04 Å². The summed E-state index contributed by atoms with van der Waals surface area (Å²) < 4.78 is 13.2. The number of halogens is 2. The molecule has 1 aromatic heterocycles. The van der Waals surface area contributed by atoms with Crippen LogP contribution in [0.5, 0.6) is 5.75 Å². The molecular formula is C12H13ClFNOS. The molecular weight excluding hydrogens is 261 g/mol. The predicted molar refractivity (Wildman–Crippen MR) is 70.4 cm³/mol. The van der Waals surface area contributed by atoms with Crippen molar-refractivity contribution in [2.75, 3.05) is 0 Å². The first kappa shape index (κ1) is 14.0. The SMILES string of the molecule is Cc1cc(F)cc([C@@H](N)c2cccs2)c1O.Cl. The number of phenols is 1. The van der Waals surface area contributed by atoms with E-state index in [4.69, 9.17) is 5.73 Å². The molecule has 3 N–H and O–H groups in total. The van der Waals surface area contributed by atoms with E-state index in [1.807, 2.05) is 17.5 Å². The summed E-state index contributed by atoms with van der Waals surface area (Å²) in [5.74, 6) is -0.306. The van der Waals surface area contributed by atoms with Gasteiger partial charge in [0.05, 0.1) is 6.04 Å². The van der Waals surface area contributed by atoms with Gasteiger partial charge in [-0.1, -0.05) is 6.07 Å². The average Bonchev–Trinajstić information content (AvgIpc) is 2.75. The molecule has 2 aromatic rings. The Kier molecular flexibility index (Phi) is 4.51. The van der Waals surface area contributed by atoms with Gasteiger partial charge < -0.3 is 10.8 Å². The van der Waals surface area contributed by atoms with Gasteiger partial charge in [0, 0.05) is 10.4 Å². The molecule has 0 aliphatic carbocycles. The van der Waals surface area contributed by atoms with Crippen molar-refractivity contribution < 1.29 is 9.50 Å². The minimum atomic E-state index is -0.477. The molecule has 2 rings (SSSR count). The van der Waals surface area contributed by atoms with Crippen molar-refractivity contribution in [3.05, 3.63) is 51.5 Å². The highest BCUT2D eigenvalue weighted by Gasteiger charge is 2.16. The van der Waals surface area contributed by atoms with Crippen molar-refractivity contribution in [1.82, 2.24) is 0 Å². The number of hydrogen-bond acceptors (Lipinski definition) is 3. The Morgan fingerprint density at radius 1 is 1.41 bits per heavy atom. The van der Waals surface area contributed by atoms with Crippen molar-refractivity contribution in [2.45, 2.75) is 13.0 Å². The number of hydrogen-bond donors (Lipinski definition) is 2. The third kappa shape index (κ3) is 2.77.